The predicted octanol–water partition coefficient (Wildman–Crippen LogP) is 3.55. The summed E-state index contributed by atoms with van der Waals surface area (Å²) in [5.74, 6) is 0.677. The first-order chi connectivity index (χ1) is 14.5. The Morgan fingerprint density at radius 1 is 0.933 bits per heavy atom. The second kappa shape index (κ2) is 8.49. The van der Waals surface area contributed by atoms with E-state index in [4.69, 9.17) is 4.74 Å². The number of carbonyl (C=O) groups is 1. The number of hydrogen-bond donors (Lipinski definition) is 0. The second-order valence-electron chi connectivity index (χ2n) is 6.92. The van der Waals surface area contributed by atoms with Gasteiger partial charge in [0.25, 0.3) is 5.91 Å². The molecule has 1 aliphatic heterocycles. The maximum Gasteiger partial charge on any atom is 0.264 e. The molecule has 1 amide bonds. The molecule has 0 aliphatic carbocycles. The van der Waals surface area contributed by atoms with Gasteiger partial charge in [-0.15, -0.1) is 11.3 Å². The zero-order chi connectivity index (χ0) is 21.1. The molecule has 156 valence electrons. The maximum atomic E-state index is 12.9. The molecule has 0 saturated carbocycles. The molecule has 1 aliphatic rings. The fourth-order valence-electron chi connectivity index (χ4n) is 3.43. The highest BCUT2D eigenvalue weighted by Gasteiger charge is 2.26. The van der Waals surface area contributed by atoms with Gasteiger partial charge in [-0.3, -0.25) is 4.79 Å². The Kier molecular flexibility index (Phi) is 5.78. The van der Waals surface area contributed by atoms with Gasteiger partial charge < -0.3 is 14.5 Å². The van der Waals surface area contributed by atoms with Crippen molar-refractivity contribution < 1.29 is 17.9 Å². The molecule has 0 bridgehead atoms. The number of anilines is 1. The molecule has 0 N–H and O–H groups in total. The molecule has 2 heterocycles. The van der Waals surface area contributed by atoms with E-state index in [0.29, 0.717) is 31.1 Å². The Balaban J connectivity index is 1.44. The monoisotopic (exact) mass is 442 g/mol. The third-order valence-electron chi connectivity index (χ3n) is 5.10. The van der Waals surface area contributed by atoms with Gasteiger partial charge in [0.1, 0.15) is 9.96 Å². The Hall–Kier alpha value is -2.84. The number of benzene rings is 2. The molecule has 0 spiro atoms. The minimum absolute atomic E-state index is 0.125. The van der Waals surface area contributed by atoms with Crippen molar-refractivity contribution >= 4 is 32.8 Å². The molecule has 1 saturated heterocycles. The van der Waals surface area contributed by atoms with Crippen molar-refractivity contribution in [2.45, 2.75) is 9.10 Å². The standard InChI is InChI=1S/C22H22N2O4S2/c1-28-18-7-5-6-17(16-18)23-12-14-24(15-13-23)22(25)20-10-11-21(29-20)30(26,27)19-8-3-2-4-9-19/h2-11,16H,12-15H2,1H3. The molecule has 4 rings (SSSR count). The molecule has 1 aromatic heterocycles. The van der Waals surface area contributed by atoms with Crippen LogP contribution >= 0.6 is 11.3 Å². The number of piperazine rings is 1. The molecule has 6 nitrogen and oxygen atoms in total. The SMILES string of the molecule is COc1cccc(N2CCN(C(=O)c3ccc(S(=O)(=O)c4ccccc4)s3)CC2)c1. The Labute approximate surface area is 180 Å². The van der Waals surface area contributed by atoms with Gasteiger partial charge in [0.15, 0.2) is 0 Å². The van der Waals surface area contributed by atoms with E-state index >= 15 is 0 Å². The molecule has 8 heteroatoms. The van der Waals surface area contributed by atoms with Crippen molar-refractivity contribution in [3.63, 3.8) is 0 Å². The highest BCUT2D eigenvalue weighted by atomic mass is 32.2. The topological polar surface area (TPSA) is 66.9 Å². The van der Waals surface area contributed by atoms with Crippen molar-refractivity contribution in [3.05, 3.63) is 71.6 Å². The number of hydrogen-bond acceptors (Lipinski definition) is 6. The lowest BCUT2D eigenvalue weighted by molar-refractivity contribution is 0.0751. The summed E-state index contributed by atoms with van der Waals surface area (Å²) in [5, 5.41) is 0. The Morgan fingerprint density at radius 2 is 1.67 bits per heavy atom. The van der Waals surface area contributed by atoms with Gasteiger partial charge in [0.2, 0.25) is 9.84 Å². The van der Waals surface area contributed by atoms with Crippen LogP contribution in [-0.4, -0.2) is 52.5 Å². The highest BCUT2D eigenvalue weighted by molar-refractivity contribution is 7.93. The van der Waals surface area contributed by atoms with Gasteiger partial charge >= 0.3 is 0 Å². The highest BCUT2D eigenvalue weighted by Crippen LogP contribution is 2.29. The molecular weight excluding hydrogens is 420 g/mol. The summed E-state index contributed by atoms with van der Waals surface area (Å²) in [6, 6.07) is 19.3. The predicted molar refractivity (Wildman–Crippen MR) is 117 cm³/mol. The minimum atomic E-state index is -3.61. The zero-order valence-corrected chi connectivity index (χ0v) is 18.2. The number of ether oxygens (including phenoxy) is 1. The Bertz CT molecular complexity index is 1130. The van der Waals surface area contributed by atoms with Crippen LogP contribution < -0.4 is 9.64 Å². The quantitative estimate of drug-likeness (QED) is 0.605. The number of sulfone groups is 1. The number of thiophene rings is 1. The summed E-state index contributed by atoms with van der Waals surface area (Å²) in [6.07, 6.45) is 0. The molecule has 0 radical (unpaired) electrons. The summed E-state index contributed by atoms with van der Waals surface area (Å²) >= 11 is 1.03. The summed E-state index contributed by atoms with van der Waals surface area (Å²) in [7, 11) is -1.96. The lowest BCUT2D eigenvalue weighted by Crippen LogP contribution is -2.48. The van der Waals surface area contributed by atoms with Gasteiger partial charge in [-0.25, -0.2) is 8.42 Å². The maximum absolute atomic E-state index is 12.9. The van der Waals surface area contributed by atoms with Crippen LogP contribution in [0.1, 0.15) is 9.67 Å². The van der Waals surface area contributed by atoms with Gasteiger partial charge in [-0.05, 0) is 36.4 Å². The van der Waals surface area contributed by atoms with Crippen molar-refractivity contribution in [3.8, 4) is 5.75 Å². The van der Waals surface area contributed by atoms with Crippen LogP contribution in [0.2, 0.25) is 0 Å². The molecule has 1 fully saturated rings. The van der Waals surface area contributed by atoms with Gasteiger partial charge in [0.05, 0.1) is 16.9 Å². The molecule has 3 aromatic rings. The molecule has 30 heavy (non-hydrogen) atoms. The summed E-state index contributed by atoms with van der Waals surface area (Å²) in [4.78, 5) is 17.6. The van der Waals surface area contributed by atoms with Gasteiger partial charge in [0, 0.05) is 37.9 Å². The van der Waals surface area contributed by atoms with Crippen LogP contribution in [0.15, 0.2) is 75.8 Å². The van der Waals surface area contributed by atoms with Crippen LogP contribution in [0.25, 0.3) is 0 Å². The number of rotatable bonds is 5. The minimum Gasteiger partial charge on any atom is -0.497 e. The van der Waals surface area contributed by atoms with E-state index in [1.165, 1.54) is 6.07 Å². The number of nitrogens with zero attached hydrogens (tertiary/aromatic N) is 2. The lowest BCUT2D eigenvalue weighted by Gasteiger charge is -2.36. The molecular formula is C22H22N2O4S2. The second-order valence-corrected chi connectivity index (χ2v) is 10.2. The summed E-state index contributed by atoms with van der Waals surface area (Å²) < 4.78 is 31.0. The van der Waals surface area contributed by atoms with Crippen LogP contribution in [0.5, 0.6) is 5.75 Å². The fourth-order valence-corrected chi connectivity index (χ4v) is 6.12. The van der Waals surface area contributed by atoms with Crippen molar-refractivity contribution in [2.75, 3.05) is 38.2 Å². The van der Waals surface area contributed by atoms with E-state index in [1.54, 1.807) is 48.4 Å². The number of carbonyl (C=O) groups excluding carboxylic acids is 1. The smallest absolute Gasteiger partial charge is 0.264 e. The third kappa shape index (κ3) is 4.06. The van der Waals surface area contributed by atoms with Gasteiger partial charge in [-0.2, -0.15) is 0 Å². The van der Waals surface area contributed by atoms with E-state index in [0.717, 1.165) is 22.8 Å². The van der Waals surface area contributed by atoms with E-state index in [1.807, 2.05) is 24.3 Å². The third-order valence-corrected chi connectivity index (χ3v) is 8.43. The molecule has 2 aromatic carbocycles. The number of amides is 1. The van der Waals surface area contributed by atoms with E-state index in [9.17, 15) is 13.2 Å². The first-order valence-corrected chi connectivity index (χ1v) is 11.9. The average molecular weight is 443 g/mol. The fraction of sp³-hybridized carbons (Fsp3) is 0.227. The molecule has 0 atom stereocenters. The average Bonchev–Trinajstić information content (AvgIpc) is 3.30. The first kappa shape index (κ1) is 20.4. The Morgan fingerprint density at radius 3 is 2.37 bits per heavy atom. The van der Waals surface area contributed by atoms with E-state index in [-0.39, 0.29) is 15.0 Å². The molecule has 0 unspecified atom stereocenters. The van der Waals surface area contributed by atoms with Gasteiger partial charge in [-0.1, -0.05) is 24.3 Å². The lowest BCUT2D eigenvalue weighted by atomic mass is 10.2. The summed E-state index contributed by atoms with van der Waals surface area (Å²) in [6.45, 7) is 2.57. The van der Waals surface area contributed by atoms with Crippen LogP contribution in [0.4, 0.5) is 5.69 Å². The van der Waals surface area contributed by atoms with Crippen molar-refractivity contribution in [1.29, 1.82) is 0 Å². The summed E-state index contributed by atoms with van der Waals surface area (Å²) in [5.41, 5.74) is 1.06. The van der Waals surface area contributed by atoms with Crippen LogP contribution in [0, 0.1) is 0 Å². The van der Waals surface area contributed by atoms with Crippen molar-refractivity contribution in [1.82, 2.24) is 4.90 Å². The number of methoxy groups -OCH3 is 1. The zero-order valence-electron chi connectivity index (χ0n) is 16.5. The van der Waals surface area contributed by atoms with Crippen LogP contribution in [-0.2, 0) is 9.84 Å². The normalized spacial score (nSPS) is 14.6. The van der Waals surface area contributed by atoms with Crippen molar-refractivity contribution in [2.24, 2.45) is 0 Å². The first-order valence-electron chi connectivity index (χ1n) is 9.57. The van der Waals surface area contributed by atoms with E-state index in [2.05, 4.69) is 4.90 Å². The largest absolute Gasteiger partial charge is 0.497 e. The van der Waals surface area contributed by atoms with Crippen LogP contribution in [0.3, 0.4) is 0 Å². The van der Waals surface area contributed by atoms with E-state index < -0.39 is 9.84 Å².